The monoisotopic (exact) mass is 367 g/mol. The van der Waals surface area contributed by atoms with Crippen molar-refractivity contribution in [2.24, 2.45) is 0 Å². The van der Waals surface area contributed by atoms with E-state index in [1.165, 1.54) is 16.4 Å². The zero-order chi connectivity index (χ0) is 18.1. The molecule has 0 aliphatic heterocycles. The normalized spacial score (nSPS) is 11.2. The highest BCUT2D eigenvalue weighted by atomic mass is 32.2. The zero-order valence-corrected chi connectivity index (χ0v) is 15.1. The summed E-state index contributed by atoms with van der Waals surface area (Å²) in [6.07, 6.45) is 0. The third-order valence-corrected chi connectivity index (χ3v) is 4.78. The molecule has 0 unspecified atom stereocenters. The standard InChI is InChI=1S/C17H17N7OS/c1-11-8-12(2)24(21-11)16-19-20-17(23(16)18)26-10-14-9-15(22-25-14)13-6-4-3-5-7-13/h3-9H,10,18H2,1-2H3. The predicted octanol–water partition coefficient (Wildman–Crippen LogP) is 2.74. The van der Waals surface area contributed by atoms with Crippen molar-refractivity contribution in [3.8, 4) is 17.2 Å². The number of rotatable bonds is 5. The lowest BCUT2D eigenvalue weighted by molar-refractivity contribution is 0.397. The molecular formula is C17H17N7OS. The Balaban J connectivity index is 1.49. The molecule has 0 aliphatic carbocycles. The summed E-state index contributed by atoms with van der Waals surface area (Å²) in [5, 5.41) is 17.4. The van der Waals surface area contributed by atoms with Crippen molar-refractivity contribution >= 4 is 11.8 Å². The van der Waals surface area contributed by atoms with E-state index in [-0.39, 0.29) is 0 Å². The Labute approximate surface area is 154 Å². The number of nitrogen functional groups attached to an aromatic ring is 1. The highest BCUT2D eigenvalue weighted by molar-refractivity contribution is 7.98. The third-order valence-electron chi connectivity index (χ3n) is 3.82. The van der Waals surface area contributed by atoms with Crippen LogP contribution in [0.2, 0.25) is 0 Å². The number of hydrogen-bond donors (Lipinski definition) is 1. The van der Waals surface area contributed by atoms with Gasteiger partial charge in [-0.1, -0.05) is 47.3 Å². The van der Waals surface area contributed by atoms with E-state index in [0.717, 1.165) is 28.4 Å². The summed E-state index contributed by atoms with van der Waals surface area (Å²) in [6.45, 7) is 3.87. The predicted molar refractivity (Wildman–Crippen MR) is 98.3 cm³/mol. The fourth-order valence-corrected chi connectivity index (χ4v) is 3.33. The quantitative estimate of drug-likeness (QED) is 0.427. The molecule has 0 spiro atoms. The van der Waals surface area contributed by atoms with Crippen molar-refractivity contribution < 1.29 is 4.52 Å². The lowest BCUT2D eigenvalue weighted by atomic mass is 10.1. The van der Waals surface area contributed by atoms with Crippen molar-refractivity contribution in [3.63, 3.8) is 0 Å². The maximum Gasteiger partial charge on any atom is 0.271 e. The topological polar surface area (TPSA) is 101 Å². The van der Waals surface area contributed by atoms with E-state index in [1.54, 1.807) is 4.68 Å². The zero-order valence-electron chi connectivity index (χ0n) is 14.3. The number of benzene rings is 1. The average Bonchev–Trinajstić information content (AvgIpc) is 3.33. The second kappa shape index (κ2) is 6.68. The fourth-order valence-electron chi connectivity index (χ4n) is 2.61. The summed E-state index contributed by atoms with van der Waals surface area (Å²) in [5.41, 5.74) is 3.66. The molecule has 0 saturated carbocycles. The molecule has 9 heteroatoms. The second-order valence-corrected chi connectivity index (χ2v) is 6.77. The summed E-state index contributed by atoms with van der Waals surface area (Å²) in [5.74, 6) is 7.90. The van der Waals surface area contributed by atoms with E-state index in [2.05, 4.69) is 20.5 Å². The minimum Gasteiger partial charge on any atom is -0.360 e. The summed E-state index contributed by atoms with van der Waals surface area (Å²) < 4.78 is 8.51. The number of nitrogens with zero attached hydrogens (tertiary/aromatic N) is 6. The first-order chi connectivity index (χ1) is 12.6. The largest absolute Gasteiger partial charge is 0.360 e. The van der Waals surface area contributed by atoms with Crippen molar-refractivity contribution in [1.29, 1.82) is 0 Å². The van der Waals surface area contributed by atoms with Crippen molar-refractivity contribution in [1.82, 2.24) is 29.8 Å². The maximum atomic E-state index is 6.14. The van der Waals surface area contributed by atoms with Crippen molar-refractivity contribution in [2.45, 2.75) is 24.8 Å². The molecule has 4 rings (SSSR count). The van der Waals surface area contributed by atoms with E-state index in [9.17, 15) is 0 Å². The van der Waals surface area contributed by atoms with Gasteiger partial charge in [0.25, 0.3) is 5.95 Å². The highest BCUT2D eigenvalue weighted by Crippen LogP contribution is 2.25. The Morgan fingerprint density at radius 2 is 1.92 bits per heavy atom. The van der Waals surface area contributed by atoms with E-state index in [0.29, 0.717) is 16.9 Å². The van der Waals surface area contributed by atoms with Gasteiger partial charge < -0.3 is 10.4 Å². The first-order valence-corrected chi connectivity index (χ1v) is 8.98. The lowest BCUT2D eigenvalue weighted by Gasteiger charge is -2.04. The number of hydrogen-bond acceptors (Lipinski definition) is 7. The summed E-state index contributed by atoms with van der Waals surface area (Å²) in [4.78, 5) is 0. The van der Waals surface area contributed by atoms with Gasteiger partial charge in [0.05, 0.1) is 11.4 Å². The second-order valence-electron chi connectivity index (χ2n) is 5.82. The number of aryl methyl sites for hydroxylation is 2. The van der Waals surface area contributed by atoms with Gasteiger partial charge in [0.1, 0.15) is 11.5 Å². The van der Waals surface area contributed by atoms with Crippen LogP contribution in [-0.2, 0) is 5.75 Å². The molecule has 1 aromatic carbocycles. The Kier molecular flexibility index (Phi) is 4.21. The minimum absolute atomic E-state index is 0.473. The molecule has 4 aromatic rings. The molecular weight excluding hydrogens is 350 g/mol. The summed E-state index contributed by atoms with van der Waals surface area (Å²) in [6, 6.07) is 13.8. The molecule has 26 heavy (non-hydrogen) atoms. The van der Waals surface area contributed by atoms with Crippen LogP contribution in [0.5, 0.6) is 0 Å². The highest BCUT2D eigenvalue weighted by Gasteiger charge is 2.16. The molecule has 0 saturated heterocycles. The van der Waals surface area contributed by atoms with Crippen LogP contribution in [0.15, 0.2) is 52.1 Å². The van der Waals surface area contributed by atoms with Gasteiger partial charge in [-0.3, -0.25) is 0 Å². The lowest BCUT2D eigenvalue weighted by Crippen LogP contribution is -2.17. The number of thioether (sulfide) groups is 1. The average molecular weight is 367 g/mol. The van der Waals surface area contributed by atoms with Gasteiger partial charge in [0, 0.05) is 17.3 Å². The van der Waals surface area contributed by atoms with E-state index >= 15 is 0 Å². The van der Waals surface area contributed by atoms with Gasteiger partial charge in [0.2, 0.25) is 5.16 Å². The van der Waals surface area contributed by atoms with Crippen LogP contribution in [0.3, 0.4) is 0 Å². The van der Waals surface area contributed by atoms with Crippen LogP contribution >= 0.6 is 11.8 Å². The SMILES string of the molecule is Cc1cc(C)n(-c2nnc(SCc3cc(-c4ccccc4)no3)n2N)n1. The minimum atomic E-state index is 0.473. The van der Waals surface area contributed by atoms with Gasteiger partial charge >= 0.3 is 0 Å². The van der Waals surface area contributed by atoms with Crippen LogP contribution in [0.1, 0.15) is 17.1 Å². The Hall–Kier alpha value is -3.07. The molecule has 0 aliphatic rings. The van der Waals surface area contributed by atoms with E-state index < -0.39 is 0 Å². The molecule has 0 bridgehead atoms. The Bertz CT molecular complexity index is 1030. The van der Waals surface area contributed by atoms with Crippen LogP contribution in [0.4, 0.5) is 0 Å². The molecule has 0 atom stereocenters. The molecule has 0 fully saturated rings. The van der Waals surface area contributed by atoms with Gasteiger partial charge in [-0.25, -0.2) is 9.36 Å². The number of nitrogens with two attached hydrogens (primary N) is 1. The molecule has 132 valence electrons. The Morgan fingerprint density at radius 1 is 1.12 bits per heavy atom. The summed E-state index contributed by atoms with van der Waals surface area (Å²) >= 11 is 1.43. The molecule has 3 aromatic heterocycles. The molecule has 2 N–H and O–H groups in total. The molecule has 3 heterocycles. The van der Waals surface area contributed by atoms with Crippen LogP contribution in [0.25, 0.3) is 17.2 Å². The number of aromatic nitrogens is 6. The van der Waals surface area contributed by atoms with Crippen LogP contribution in [0, 0.1) is 13.8 Å². The van der Waals surface area contributed by atoms with Gasteiger partial charge in [0.15, 0.2) is 0 Å². The van der Waals surface area contributed by atoms with Gasteiger partial charge in [-0.15, -0.1) is 10.2 Å². The van der Waals surface area contributed by atoms with E-state index in [4.69, 9.17) is 10.4 Å². The van der Waals surface area contributed by atoms with Crippen molar-refractivity contribution in [2.75, 3.05) is 5.84 Å². The van der Waals surface area contributed by atoms with Crippen LogP contribution < -0.4 is 5.84 Å². The van der Waals surface area contributed by atoms with Gasteiger partial charge in [-0.05, 0) is 19.9 Å². The third kappa shape index (κ3) is 3.08. The molecule has 8 nitrogen and oxygen atoms in total. The smallest absolute Gasteiger partial charge is 0.271 e. The molecule has 0 amide bonds. The fraction of sp³-hybridized carbons (Fsp3) is 0.176. The van der Waals surface area contributed by atoms with Gasteiger partial charge in [-0.2, -0.15) is 5.10 Å². The Morgan fingerprint density at radius 3 is 2.65 bits per heavy atom. The van der Waals surface area contributed by atoms with Crippen LogP contribution in [-0.4, -0.2) is 29.8 Å². The first-order valence-electron chi connectivity index (χ1n) is 8.00. The van der Waals surface area contributed by atoms with Crippen molar-refractivity contribution in [3.05, 3.63) is 59.6 Å². The molecule has 0 radical (unpaired) electrons. The first kappa shape index (κ1) is 16.4. The van der Waals surface area contributed by atoms with E-state index in [1.807, 2.05) is 56.3 Å². The summed E-state index contributed by atoms with van der Waals surface area (Å²) in [7, 11) is 0. The maximum absolute atomic E-state index is 6.14.